The Morgan fingerprint density at radius 1 is 0.769 bits per heavy atom. The quantitative estimate of drug-likeness (QED) is 0.414. The first-order valence-electron chi connectivity index (χ1n) is 10.4. The molecule has 0 fully saturated rings. The zero-order valence-electron chi connectivity index (χ0n) is 17.3. The molecule has 0 aliphatic heterocycles. The van der Waals surface area contributed by atoms with Gasteiger partial charge in [0.15, 0.2) is 0 Å². The van der Waals surface area contributed by atoms with Crippen LogP contribution in [0.15, 0.2) is 29.2 Å². The Hall–Kier alpha value is -0.870. The average Bonchev–Trinajstić information content (AvgIpc) is 2.59. The van der Waals surface area contributed by atoms with Gasteiger partial charge in [-0.15, -0.1) is 0 Å². The third-order valence-corrected chi connectivity index (χ3v) is 6.33. The number of unbranched alkanes of at least 4 members (excludes halogenated alkanes) is 9. The summed E-state index contributed by atoms with van der Waals surface area (Å²) in [5, 5.41) is 0. The highest BCUT2D eigenvalue weighted by atomic mass is 32.2. The molecule has 0 aliphatic rings. The SMILES string of the molecule is CCCCCCCCCCCCNS(=O)(=O)c1ccc(C(C)(C)C)cc1. The van der Waals surface area contributed by atoms with Crippen molar-refractivity contribution in [1.29, 1.82) is 0 Å². The summed E-state index contributed by atoms with van der Waals surface area (Å²) in [4.78, 5) is 0.359. The van der Waals surface area contributed by atoms with E-state index in [1.54, 1.807) is 12.1 Å². The van der Waals surface area contributed by atoms with Crippen LogP contribution in [0.25, 0.3) is 0 Å². The van der Waals surface area contributed by atoms with Gasteiger partial charge in [0.2, 0.25) is 10.0 Å². The van der Waals surface area contributed by atoms with Crippen LogP contribution in [0.3, 0.4) is 0 Å². The first-order chi connectivity index (χ1) is 12.3. The van der Waals surface area contributed by atoms with Gasteiger partial charge in [-0.25, -0.2) is 13.1 Å². The minimum atomic E-state index is -3.38. The number of nitrogens with one attached hydrogen (secondary N) is 1. The third kappa shape index (κ3) is 9.18. The van der Waals surface area contributed by atoms with E-state index in [0.717, 1.165) is 18.4 Å². The third-order valence-electron chi connectivity index (χ3n) is 4.85. The van der Waals surface area contributed by atoms with Crippen LogP contribution in [0, 0.1) is 0 Å². The van der Waals surface area contributed by atoms with E-state index in [1.807, 2.05) is 12.1 Å². The number of rotatable bonds is 13. The van der Waals surface area contributed by atoms with Crippen molar-refractivity contribution in [3.8, 4) is 0 Å². The van der Waals surface area contributed by atoms with Crippen LogP contribution >= 0.6 is 0 Å². The summed E-state index contributed by atoms with van der Waals surface area (Å²) in [6.45, 7) is 9.15. The molecule has 0 aromatic heterocycles. The lowest BCUT2D eigenvalue weighted by Crippen LogP contribution is -2.25. The van der Waals surface area contributed by atoms with E-state index in [-0.39, 0.29) is 5.41 Å². The molecule has 0 spiro atoms. The summed E-state index contributed by atoms with van der Waals surface area (Å²) in [5.74, 6) is 0. The molecule has 0 amide bonds. The van der Waals surface area contributed by atoms with Crippen LogP contribution in [-0.2, 0) is 15.4 Å². The van der Waals surface area contributed by atoms with Gasteiger partial charge in [0, 0.05) is 6.54 Å². The van der Waals surface area contributed by atoms with Gasteiger partial charge in [-0.2, -0.15) is 0 Å². The Morgan fingerprint density at radius 3 is 1.69 bits per heavy atom. The fourth-order valence-corrected chi connectivity index (χ4v) is 4.11. The molecule has 1 aromatic carbocycles. The first kappa shape index (κ1) is 23.2. The molecule has 0 aliphatic carbocycles. The standard InChI is InChI=1S/C22H39NO2S/c1-5-6-7-8-9-10-11-12-13-14-19-23-26(24,25)21-17-15-20(16-18-21)22(2,3)4/h15-18,23H,5-14,19H2,1-4H3. The van der Waals surface area contributed by atoms with Crippen LogP contribution < -0.4 is 4.72 Å². The van der Waals surface area contributed by atoms with E-state index in [9.17, 15) is 8.42 Å². The van der Waals surface area contributed by atoms with Crippen LogP contribution in [0.2, 0.25) is 0 Å². The van der Waals surface area contributed by atoms with Crippen molar-refractivity contribution in [2.24, 2.45) is 0 Å². The molecule has 26 heavy (non-hydrogen) atoms. The van der Waals surface area contributed by atoms with Crippen molar-refractivity contribution in [1.82, 2.24) is 4.72 Å². The number of sulfonamides is 1. The summed E-state index contributed by atoms with van der Waals surface area (Å²) in [6.07, 6.45) is 12.5. The molecule has 0 bridgehead atoms. The Balaban J connectivity index is 2.20. The maximum absolute atomic E-state index is 12.3. The van der Waals surface area contributed by atoms with Gasteiger partial charge in [-0.1, -0.05) is 97.6 Å². The van der Waals surface area contributed by atoms with Crippen molar-refractivity contribution in [2.75, 3.05) is 6.54 Å². The van der Waals surface area contributed by atoms with Gasteiger partial charge < -0.3 is 0 Å². The average molecular weight is 382 g/mol. The summed E-state index contributed by atoms with van der Waals surface area (Å²) in [5.41, 5.74) is 1.18. The predicted molar refractivity (Wildman–Crippen MR) is 112 cm³/mol. The van der Waals surface area contributed by atoms with E-state index in [1.165, 1.54) is 51.4 Å². The Morgan fingerprint density at radius 2 is 1.23 bits per heavy atom. The molecule has 1 rings (SSSR count). The smallest absolute Gasteiger partial charge is 0.211 e. The Bertz CT molecular complexity index is 586. The normalized spacial score (nSPS) is 12.5. The van der Waals surface area contributed by atoms with Crippen molar-refractivity contribution in [2.45, 2.75) is 102 Å². The molecule has 0 saturated carbocycles. The molecule has 3 nitrogen and oxygen atoms in total. The number of hydrogen-bond acceptors (Lipinski definition) is 2. The van der Waals surface area contributed by atoms with Crippen molar-refractivity contribution >= 4 is 10.0 Å². The van der Waals surface area contributed by atoms with Crippen LogP contribution in [0.1, 0.15) is 97.5 Å². The molecule has 0 heterocycles. The molecule has 1 aromatic rings. The van der Waals surface area contributed by atoms with Crippen LogP contribution in [0.4, 0.5) is 0 Å². The Labute approximate surface area is 162 Å². The molecular formula is C22H39NO2S. The molecule has 0 atom stereocenters. The lowest BCUT2D eigenvalue weighted by atomic mass is 9.87. The van der Waals surface area contributed by atoms with E-state index in [4.69, 9.17) is 0 Å². The summed E-state index contributed by atoms with van der Waals surface area (Å²) in [6, 6.07) is 7.24. The highest BCUT2D eigenvalue weighted by Crippen LogP contribution is 2.23. The molecule has 4 heteroatoms. The molecule has 0 saturated heterocycles. The highest BCUT2D eigenvalue weighted by molar-refractivity contribution is 7.89. The summed E-state index contributed by atoms with van der Waals surface area (Å²) < 4.78 is 27.4. The second kappa shape index (κ2) is 11.8. The zero-order valence-corrected chi connectivity index (χ0v) is 18.1. The first-order valence-corrected chi connectivity index (χ1v) is 11.9. The fraction of sp³-hybridized carbons (Fsp3) is 0.727. The monoisotopic (exact) mass is 381 g/mol. The lowest BCUT2D eigenvalue weighted by molar-refractivity contribution is 0.548. The van der Waals surface area contributed by atoms with Gasteiger partial charge in [-0.3, -0.25) is 0 Å². The lowest BCUT2D eigenvalue weighted by Gasteiger charge is -2.19. The van der Waals surface area contributed by atoms with Crippen LogP contribution in [-0.4, -0.2) is 15.0 Å². The number of hydrogen-bond donors (Lipinski definition) is 1. The van der Waals surface area contributed by atoms with E-state index in [0.29, 0.717) is 11.4 Å². The van der Waals surface area contributed by atoms with Crippen molar-refractivity contribution < 1.29 is 8.42 Å². The van der Waals surface area contributed by atoms with Gasteiger partial charge in [0.25, 0.3) is 0 Å². The van der Waals surface area contributed by atoms with E-state index >= 15 is 0 Å². The number of benzene rings is 1. The maximum Gasteiger partial charge on any atom is 0.240 e. The van der Waals surface area contributed by atoms with Crippen molar-refractivity contribution in [3.05, 3.63) is 29.8 Å². The van der Waals surface area contributed by atoms with Gasteiger partial charge in [0.1, 0.15) is 0 Å². The van der Waals surface area contributed by atoms with Gasteiger partial charge >= 0.3 is 0 Å². The van der Waals surface area contributed by atoms with Gasteiger partial charge in [-0.05, 0) is 29.5 Å². The second-order valence-corrected chi connectivity index (χ2v) is 10.1. The summed E-state index contributed by atoms with van der Waals surface area (Å²) in [7, 11) is -3.38. The molecule has 0 radical (unpaired) electrons. The largest absolute Gasteiger partial charge is 0.240 e. The highest BCUT2D eigenvalue weighted by Gasteiger charge is 2.17. The van der Waals surface area contributed by atoms with E-state index < -0.39 is 10.0 Å². The molecule has 150 valence electrons. The zero-order chi connectivity index (χ0) is 19.5. The minimum absolute atomic E-state index is 0.0335. The van der Waals surface area contributed by atoms with Crippen molar-refractivity contribution in [3.63, 3.8) is 0 Å². The maximum atomic E-state index is 12.3. The second-order valence-electron chi connectivity index (χ2n) is 8.35. The predicted octanol–water partition coefficient (Wildman–Crippen LogP) is 6.18. The molecule has 0 unspecified atom stereocenters. The topological polar surface area (TPSA) is 46.2 Å². The van der Waals surface area contributed by atoms with Crippen LogP contribution in [0.5, 0.6) is 0 Å². The minimum Gasteiger partial charge on any atom is -0.211 e. The molecular weight excluding hydrogens is 342 g/mol. The molecule has 1 N–H and O–H groups in total. The summed E-state index contributed by atoms with van der Waals surface area (Å²) >= 11 is 0. The Kier molecular flexibility index (Phi) is 10.5. The van der Waals surface area contributed by atoms with E-state index in [2.05, 4.69) is 32.4 Å². The fourth-order valence-electron chi connectivity index (χ4n) is 3.04. The van der Waals surface area contributed by atoms with Gasteiger partial charge in [0.05, 0.1) is 4.90 Å².